The van der Waals surface area contributed by atoms with E-state index in [-0.39, 0.29) is 12.1 Å². The van der Waals surface area contributed by atoms with Gasteiger partial charge in [0.25, 0.3) is 6.71 Å². The molecule has 5 heterocycles. The molecule has 13 aromatic carbocycles. The van der Waals surface area contributed by atoms with Crippen LogP contribution in [0.2, 0.25) is 0 Å². The molecular weight excluding hydrogens is 1180 g/mol. The molecular formula is C88H59BN8. The first-order valence-electron chi connectivity index (χ1n) is 33.2. The van der Waals surface area contributed by atoms with Crippen LogP contribution < -0.4 is 26.2 Å². The minimum Gasteiger partial charge on any atom is -0.311 e. The maximum Gasteiger partial charge on any atom is 0.252 e. The molecule has 0 atom stereocenters. The summed E-state index contributed by atoms with van der Waals surface area (Å²) in [6.07, 6.45) is 0. The van der Waals surface area contributed by atoms with Crippen molar-refractivity contribution in [2.24, 2.45) is 0 Å². The molecule has 0 spiro atoms. The number of hydrogen-bond donors (Lipinski definition) is 0. The average molecular weight is 1240 g/mol. The number of aromatic nitrogens is 6. The van der Waals surface area contributed by atoms with Crippen LogP contribution in [0.4, 0.5) is 34.1 Å². The van der Waals surface area contributed by atoms with Crippen LogP contribution in [0.1, 0.15) is 25.0 Å². The van der Waals surface area contributed by atoms with Crippen LogP contribution in [0.25, 0.3) is 118 Å². The fourth-order valence-corrected chi connectivity index (χ4v) is 15.5. The van der Waals surface area contributed by atoms with E-state index in [1.807, 2.05) is 42.5 Å². The van der Waals surface area contributed by atoms with Gasteiger partial charge in [-0.3, -0.25) is 0 Å². The monoisotopic (exact) mass is 1240 g/mol. The van der Waals surface area contributed by atoms with E-state index in [1.54, 1.807) is 0 Å². The Morgan fingerprint density at radius 1 is 0.278 bits per heavy atom. The lowest BCUT2D eigenvalue weighted by Crippen LogP contribution is -2.61. The third kappa shape index (κ3) is 9.11. The Bertz CT molecular complexity index is 5740. The van der Waals surface area contributed by atoms with Gasteiger partial charge in [-0.2, -0.15) is 0 Å². The van der Waals surface area contributed by atoms with E-state index in [4.69, 9.17) is 24.9 Å². The van der Waals surface area contributed by atoms with Crippen molar-refractivity contribution in [2.45, 2.75) is 19.3 Å². The molecule has 0 fully saturated rings. The largest absolute Gasteiger partial charge is 0.311 e. The van der Waals surface area contributed by atoms with Crippen LogP contribution in [0, 0.1) is 0 Å². The molecule has 0 radical (unpaired) electrons. The minimum absolute atomic E-state index is 0.0729. The molecule has 0 unspecified atom stereocenters. The Balaban J connectivity index is 0.751. The maximum absolute atomic E-state index is 5.59. The van der Waals surface area contributed by atoms with Gasteiger partial charge in [0.1, 0.15) is 0 Å². The smallest absolute Gasteiger partial charge is 0.252 e. The Labute approximate surface area is 562 Å². The Morgan fingerprint density at radius 2 is 0.753 bits per heavy atom. The zero-order chi connectivity index (χ0) is 64.3. The van der Waals surface area contributed by atoms with E-state index in [2.05, 4.69) is 307 Å². The number of benzene rings is 13. The van der Waals surface area contributed by atoms with Crippen LogP contribution in [-0.4, -0.2) is 36.2 Å². The van der Waals surface area contributed by atoms with Crippen LogP contribution in [0.5, 0.6) is 0 Å². The van der Waals surface area contributed by atoms with Gasteiger partial charge in [0, 0.05) is 83.7 Å². The molecule has 0 saturated carbocycles. The lowest BCUT2D eigenvalue weighted by molar-refractivity contribution is 0.661. The maximum atomic E-state index is 5.59. The summed E-state index contributed by atoms with van der Waals surface area (Å²) in [7, 11) is 0. The van der Waals surface area contributed by atoms with Gasteiger partial charge >= 0.3 is 0 Å². The Kier molecular flexibility index (Phi) is 12.9. The van der Waals surface area contributed by atoms with Gasteiger partial charge in [0.05, 0.1) is 28.1 Å². The van der Waals surface area contributed by atoms with Crippen LogP contribution in [0.15, 0.2) is 322 Å². The summed E-state index contributed by atoms with van der Waals surface area (Å²) in [5.74, 6) is 2.30. The molecule has 3 aliphatic rings. The second-order valence-corrected chi connectivity index (χ2v) is 25.9. The third-order valence-corrected chi connectivity index (χ3v) is 20.1. The molecule has 454 valence electrons. The molecule has 0 bridgehead atoms. The molecule has 0 saturated heterocycles. The van der Waals surface area contributed by atoms with Gasteiger partial charge in [-0.25, -0.2) is 24.9 Å². The number of anilines is 6. The van der Waals surface area contributed by atoms with E-state index in [0.717, 1.165) is 89.4 Å². The normalized spacial score (nSPS) is 13.1. The van der Waals surface area contributed by atoms with E-state index in [9.17, 15) is 0 Å². The molecule has 1 aliphatic carbocycles. The summed E-state index contributed by atoms with van der Waals surface area (Å²) < 4.78 is 2.42. The van der Waals surface area contributed by atoms with Crippen LogP contribution in [0.3, 0.4) is 0 Å². The highest BCUT2D eigenvalue weighted by Crippen LogP contribution is 2.52. The average Bonchev–Trinajstić information content (AvgIpc) is 1.33. The summed E-state index contributed by atoms with van der Waals surface area (Å²) in [6.45, 7) is 4.77. The summed E-state index contributed by atoms with van der Waals surface area (Å²) >= 11 is 0. The lowest BCUT2D eigenvalue weighted by Gasteiger charge is -2.44. The zero-order valence-corrected chi connectivity index (χ0v) is 53.3. The molecule has 19 rings (SSSR count). The van der Waals surface area contributed by atoms with Gasteiger partial charge in [-0.15, -0.1) is 0 Å². The number of nitrogens with zero attached hydrogens (tertiary/aromatic N) is 8. The molecule has 97 heavy (non-hydrogen) atoms. The van der Waals surface area contributed by atoms with Gasteiger partial charge < -0.3 is 14.4 Å². The standard InChI is InChI=1S/C88H59BN8/c1-88(2)70-34-17-15-32-65(70)67-53-68-66-33-16-20-37-76(66)97(82(68)54-71(67)88)77-51-48-62(75-55-74(58-24-7-3-8-25-58)90-84(91-75)59-26-9-4-10-27-59)52-69(77)87-93-85(60-28-11-5-12-29-60)92-86(94-87)61-44-42-56(43-45-61)57-46-49-64(50-47-57)96-79-39-22-19-36-73(79)89-72-35-18-21-38-78(72)95(63-30-13-6-14-31-63)80-40-23-41-81(96)83(80)89/h3-55H,1-2H3. The number of fused-ring (bicyclic) bond motifs is 10. The first-order valence-corrected chi connectivity index (χ1v) is 33.2. The van der Waals surface area contributed by atoms with Crippen molar-refractivity contribution in [1.29, 1.82) is 0 Å². The highest BCUT2D eigenvalue weighted by molar-refractivity contribution is 7.00. The van der Waals surface area contributed by atoms with Crippen LogP contribution >= 0.6 is 0 Å². The summed E-state index contributed by atoms with van der Waals surface area (Å²) in [5, 5.41) is 2.34. The van der Waals surface area contributed by atoms with Crippen molar-refractivity contribution in [3.8, 4) is 96.0 Å². The molecule has 0 amide bonds. The lowest BCUT2D eigenvalue weighted by atomic mass is 9.33. The van der Waals surface area contributed by atoms with Gasteiger partial charge in [0.15, 0.2) is 23.3 Å². The van der Waals surface area contributed by atoms with E-state index < -0.39 is 0 Å². The first kappa shape index (κ1) is 56.0. The van der Waals surface area contributed by atoms with E-state index in [0.29, 0.717) is 23.3 Å². The third-order valence-electron chi connectivity index (χ3n) is 20.1. The molecule has 9 heteroatoms. The van der Waals surface area contributed by atoms with Gasteiger partial charge in [0.2, 0.25) is 0 Å². The fraction of sp³-hybridized carbons (Fsp3) is 0.0341. The topological polar surface area (TPSA) is 75.9 Å². The number of hydrogen-bond acceptors (Lipinski definition) is 7. The summed E-state index contributed by atoms with van der Waals surface area (Å²) in [5.41, 5.74) is 28.1. The molecule has 3 aromatic heterocycles. The van der Waals surface area contributed by atoms with Crippen molar-refractivity contribution >= 4 is 79.0 Å². The van der Waals surface area contributed by atoms with Crippen LogP contribution in [-0.2, 0) is 5.41 Å². The SMILES string of the molecule is CC1(C)c2ccccc2-c2cc3c4ccccc4n(-c4ccc(-c5cc(-c6ccccc6)nc(-c6ccccc6)n5)cc4-c4nc(-c5ccccc5)nc(-c5ccc(-c6ccc(N7c8ccccc8B8c9ccccc9N(c9ccccc9)c9cccc7c98)cc6)cc5)n4)c3cc21. The van der Waals surface area contributed by atoms with E-state index >= 15 is 0 Å². The Hall–Kier alpha value is -12.6. The highest BCUT2D eigenvalue weighted by atomic mass is 15.2. The molecule has 2 aliphatic heterocycles. The van der Waals surface area contributed by atoms with Crippen molar-refractivity contribution < 1.29 is 0 Å². The van der Waals surface area contributed by atoms with Crippen molar-refractivity contribution in [3.63, 3.8) is 0 Å². The predicted molar refractivity (Wildman–Crippen MR) is 399 cm³/mol. The van der Waals surface area contributed by atoms with E-state index in [1.165, 1.54) is 66.8 Å². The van der Waals surface area contributed by atoms with Gasteiger partial charge in [-0.05, 0) is 135 Å². The predicted octanol–water partition coefficient (Wildman–Crippen LogP) is 19.8. The van der Waals surface area contributed by atoms with Crippen molar-refractivity contribution in [3.05, 3.63) is 333 Å². The van der Waals surface area contributed by atoms with Gasteiger partial charge in [-0.1, -0.05) is 250 Å². The highest BCUT2D eigenvalue weighted by Gasteiger charge is 2.43. The summed E-state index contributed by atoms with van der Waals surface area (Å²) in [4.78, 5) is 31.9. The quantitative estimate of drug-likeness (QED) is 0.126. The number of rotatable bonds is 10. The first-order chi connectivity index (χ1) is 47.9. The minimum atomic E-state index is -0.228. The molecule has 16 aromatic rings. The zero-order valence-electron chi connectivity index (χ0n) is 53.3. The molecule has 8 nitrogen and oxygen atoms in total. The summed E-state index contributed by atoms with van der Waals surface area (Å²) in [6, 6.07) is 115. The molecule has 0 N–H and O–H groups in total. The second-order valence-electron chi connectivity index (χ2n) is 25.9. The number of para-hydroxylation sites is 4. The van der Waals surface area contributed by atoms with Crippen molar-refractivity contribution in [2.75, 3.05) is 9.80 Å². The fourth-order valence-electron chi connectivity index (χ4n) is 15.5. The van der Waals surface area contributed by atoms with Crippen molar-refractivity contribution in [1.82, 2.24) is 29.5 Å². The Morgan fingerprint density at radius 3 is 1.40 bits per heavy atom. The second kappa shape index (κ2) is 22.3.